The molecule has 0 radical (unpaired) electrons. The molecular weight excluding hydrogens is 438 g/mol. The van der Waals surface area contributed by atoms with Crippen LogP contribution in [0, 0.1) is 6.92 Å². The van der Waals surface area contributed by atoms with E-state index < -0.39 is 11.8 Å². The fourth-order valence-corrected chi connectivity index (χ4v) is 2.73. The standard InChI is InChI=1S/C22H26ClN3O4S/c1-3-4-5-12-29-17-8-6-16(7-9-17)21(28)24-22(31)26-25-20(27)14-30-18-10-11-19(23)15(2)13-18/h6-11,13H,3-5,12,14H2,1-2H3,(H,25,27)(H2,24,26,28,31). The summed E-state index contributed by atoms with van der Waals surface area (Å²) in [7, 11) is 0. The number of ether oxygens (including phenoxy) is 2. The van der Waals surface area contributed by atoms with Crippen LogP contribution in [0.3, 0.4) is 0 Å². The van der Waals surface area contributed by atoms with Crippen LogP contribution in [-0.4, -0.2) is 30.1 Å². The van der Waals surface area contributed by atoms with Crippen molar-refractivity contribution in [2.24, 2.45) is 0 Å². The van der Waals surface area contributed by atoms with Gasteiger partial charge in [0.05, 0.1) is 6.61 Å². The van der Waals surface area contributed by atoms with Gasteiger partial charge >= 0.3 is 0 Å². The first kappa shape index (κ1) is 24.4. The van der Waals surface area contributed by atoms with E-state index >= 15 is 0 Å². The average Bonchev–Trinajstić information content (AvgIpc) is 2.76. The number of carbonyl (C=O) groups excluding carboxylic acids is 2. The van der Waals surface area contributed by atoms with E-state index in [0.29, 0.717) is 28.7 Å². The summed E-state index contributed by atoms with van der Waals surface area (Å²) in [6.07, 6.45) is 3.25. The zero-order chi connectivity index (χ0) is 22.6. The number of hydrogen-bond donors (Lipinski definition) is 3. The molecule has 0 unspecified atom stereocenters. The van der Waals surface area contributed by atoms with Crippen molar-refractivity contribution in [2.75, 3.05) is 13.2 Å². The van der Waals surface area contributed by atoms with Crippen LogP contribution in [0.4, 0.5) is 0 Å². The SMILES string of the molecule is CCCCCOc1ccc(C(=O)NC(=S)NNC(=O)COc2ccc(Cl)c(C)c2)cc1. The maximum atomic E-state index is 12.3. The van der Waals surface area contributed by atoms with Crippen LogP contribution in [0.25, 0.3) is 0 Å². The molecule has 0 aliphatic carbocycles. The van der Waals surface area contributed by atoms with Gasteiger partial charge in [-0.15, -0.1) is 0 Å². The number of aryl methyl sites for hydroxylation is 1. The highest BCUT2D eigenvalue weighted by Crippen LogP contribution is 2.20. The number of carbonyl (C=O) groups is 2. The lowest BCUT2D eigenvalue weighted by molar-refractivity contribution is -0.123. The predicted octanol–water partition coefficient (Wildman–Crippen LogP) is 3.93. The smallest absolute Gasteiger partial charge is 0.276 e. The highest BCUT2D eigenvalue weighted by molar-refractivity contribution is 7.80. The summed E-state index contributed by atoms with van der Waals surface area (Å²) in [5, 5.41) is 3.07. The summed E-state index contributed by atoms with van der Waals surface area (Å²) in [6, 6.07) is 11.8. The van der Waals surface area contributed by atoms with Crippen LogP contribution in [0.5, 0.6) is 11.5 Å². The molecule has 0 saturated carbocycles. The Balaban J connectivity index is 1.70. The van der Waals surface area contributed by atoms with Crippen LogP contribution < -0.4 is 25.6 Å². The molecule has 9 heteroatoms. The van der Waals surface area contributed by atoms with E-state index in [2.05, 4.69) is 23.1 Å². The first-order valence-corrected chi connectivity index (χ1v) is 10.7. The summed E-state index contributed by atoms with van der Waals surface area (Å²) in [6.45, 7) is 4.39. The number of thiocarbonyl (C=S) groups is 1. The monoisotopic (exact) mass is 463 g/mol. The van der Waals surface area contributed by atoms with Crippen LogP contribution in [-0.2, 0) is 4.79 Å². The number of benzene rings is 2. The second-order valence-electron chi connectivity index (χ2n) is 6.74. The summed E-state index contributed by atoms with van der Waals surface area (Å²) in [5.41, 5.74) is 6.09. The second-order valence-corrected chi connectivity index (χ2v) is 7.55. The average molecular weight is 464 g/mol. The minimum atomic E-state index is -0.464. The number of hydrazine groups is 1. The number of nitrogens with one attached hydrogen (secondary N) is 3. The van der Waals surface area contributed by atoms with Crippen molar-refractivity contribution in [2.45, 2.75) is 33.1 Å². The third kappa shape index (κ3) is 8.82. The van der Waals surface area contributed by atoms with E-state index in [1.54, 1.807) is 42.5 Å². The molecule has 0 atom stereocenters. The van der Waals surface area contributed by atoms with Crippen LogP contribution in [0.2, 0.25) is 5.02 Å². The Kier molecular flexibility index (Phi) is 10.1. The molecule has 0 aliphatic rings. The van der Waals surface area contributed by atoms with Crippen molar-refractivity contribution < 1.29 is 19.1 Å². The van der Waals surface area contributed by atoms with Gasteiger partial charge < -0.3 is 9.47 Å². The van der Waals surface area contributed by atoms with Crippen LogP contribution in [0.15, 0.2) is 42.5 Å². The van der Waals surface area contributed by atoms with Gasteiger partial charge in [0.25, 0.3) is 11.8 Å². The molecule has 0 aromatic heterocycles. The van der Waals surface area contributed by atoms with E-state index in [4.69, 9.17) is 33.3 Å². The molecule has 0 heterocycles. The van der Waals surface area contributed by atoms with Crippen molar-refractivity contribution >= 4 is 40.7 Å². The molecule has 2 amide bonds. The summed E-state index contributed by atoms with van der Waals surface area (Å²) in [4.78, 5) is 24.1. The third-order valence-corrected chi connectivity index (χ3v) is 4.80. The molecular formula is C22H26ClN3O4S. The van der Waals surface area contributed by atoms with Gasteiger partial charge in [0.15, 0.2) is 11.7 Å². The summed E-state index contributed by atoms with van der Waals surface area (Å²) >= 11 is 11.0. The summed E-state index contributed by atoms with van der Waals surface area (Å²) in [5.74, 6) is 0.355. The Labute approximate surface area is 192 Å². The molecule has 0 bridgehead atoms. The molecule has 2 aromatic carbocycles. The van der Waals surface area contributed by atoms with Gasteiger partial charge in [0.1, 0.15) is 11.5 Å². The first-order chi connectivity index (χ1) is 14.9. The first-order valence-electron chi connectivity index (χ1n) is 9.91. The fraction of sp³-hybridized carbons (Fsp3) is 0.318. The van der Waals surface area contributed by atoms with Crippen molar-refractivity contribution in [3.63, 3.8) is 0 Å². The van der Waals surface area contributed by atoms with Crippen molar-refractivity contribution in [3.8, 4) is 11.5 Å². The molecule has 3 N–H and O–H groups in total. The van der Waals surface area contributed by atoms with Gasteiger partial charge in [-0.3, -0.25) is 25.8 Å². The lowest BCUT2D eigenvalue weighted by Gasteiger charge is -2.12. The van der Waals surface area contributed by atoms with Crippen molar-refractivity contribution in [1.29, 1.82) is 0 Å². The minimum Gasteiger partial charge on any atom is -0.494 e. The van der Waals surface area contributed by atoms with Gasteiger partial charge in [-0.25, -0.2) is 0 Å². The predicted molar refractivity (Wildman–Crippen MR) is 124 cm³/mol. The highest BCUT2D eigenvalue weighted by Gasteiger charge is 2.09. The molecule has 2 aromatic rings. The quantitative estimate of drug-likeness (QED) is 0.296. The number of unbranched alkanes of at least 4 members (excludes halogenated alkanes) is 2. The largest absolute Gasteiger partial charge is 0.494 e. The normalized spacial score (nSPS) is 10.2. The lowest BCUT2D eigenvalue weighted by Crippen LogP contribution is -2.49. The third-order valence-electron chi connectivity index (χ3n) is 4.17. The Bertz CT molecular complexity index is 906. The molecule has 0 saturated heterocycles. The number of hydrogen-bond acceptors (Lipinski definition) is 5. The van der Waals surface area contributed by atoms with Gasteiger partial charge in [0, 0.05) is 10.6 Å². The van der Waals surface area contributed by atoms with Crippen molar-refractivity contribution in [1.82, 2.24) is 16.2 Å². The van der Waals surface area contributed by atoms with E-state index in [9.17, 15) is 9.59 Å². The molecule has 31 heavy (non-hydrogen) atoms. The molecule has 0 aliphatic heterocycles. The van der Waals surface area contributed by atoms with E-state index in [-0.39, 0.29) is 11.7 Å². The fourth-order valence-electron chi connectivity index (χ4n) is 2.47. The van der Waals surface area contributed by atoms with E-state index in [1.807, 2.05) is 6.92 Å². The number of amides is 2. The van der Waals surface area contributed by atoms with Gasteiger partial charge in [-0.05, 0) is 73.6 Å². The number of rotatable bonds is 9. The Morgan fingerprint density at radius 2 is 1.71 bits per heavy atom. The number of halogens is 1. The Morgan fingerprint density at radius 3 is 2.39 bits per heavy atom. The lowest BCUT2D eigenvalue weighted by atomic mass is 10.2. The summed E-state index contributed by atoms with van der Waals surface area (Å²) < 4.78 is 11.0. The van der Waals surface area contributed by atoms with Crippen LogP contribution in [0.1, 0.15) is 42.1 Å². The van der Waals surface area contributed by atoms with Crippen LogP contribution >= 0.6 is 23.8 Å². The maximum absolute atomic E-state index is 12.3. The van der Waals surface area contributed by atoms with Gasteiger partial charge in [0.2, 0.25) is 0 Å². The van der Waals surface area contributed by atoms with E-state index in [1.165, 1.54) is 0 Å². The van der Waals surface area contributed by atoms with E-state index in [0.717, 1.165) is 24.8 Å². The highest BCUT2D eigenvalue weighted by atomic mass is 35.5. The van der Waals surface area contributed by atoms with Crippen molar-refractivity contribution in [3.05, 3.63) is 58.6 Å². The Morgan fingerprint density at radius 1 is 1.00 bits per heavy atom. The molecule has 166 valence electrons. The van der Waals surface area contributed by atoms with Gasteiger partial charge in [-0.1, -0.05) is 31.4 Å². The topological polar surface area (TPSA) is 88.7 Å². The molecule has 0 spiro atoms. The molecule has 2 rings (SSSR count). The minimum absolute atomic E-state index is 0.0411. The molecule has 7 nitrogen and oxygen atoms in total. The zero-order valence-electron chi connectivity index (χ0n) is 17.5. The molecule has 0 fully saturated rings. The maximum Gasteiger partial charge on any atom is 0.276 e. The Hall–Kier alpha value is -2.84. The zero-order valence-corrected chi connectivity index (χ0v) is 19.1. The second kappa shape index (κ2) is 12.8. The van der Waals surface area contributed by atoms with Gasteiger partial charge in [-0.2, -0.15) is 0 Å².